The molecule has 7 nitrogen and oxygen atoms in total. The molecule has 3 heterocycles. The molecule has 0 aromatic carbocycles. The van der Waals surface area contributed by atoms with E-state index in [9.17, 15) is 14.7 Å². The lowest BCUT2D eigenvalue weighted by atomic mass is 10.0. The molecule has 28 heavy (non-hydrogen) atoms. The molecule has 2 atom stereocenters. The fraction of sp³-hybridized carbons (Fsp3) is 0.619. The van der Waals surface area contributed by atoms with E-state index in [-0.39, 0.29) is 23.4 Å². The molecule has 1 N–H and O–H groups in total. The molecular formula is C21H30N4O3. The van der Waals surface area contributed by atoms with Crippen molar-refractivity contribution in [3.05, 3.63) is 23.0 Å². The first-order valence-electron chi connectivity index (χ1n) is 9.88. The van der Waals surface area contributed by atoms with Crippen LogP contribution in [0, 0.1) is 12.8 Å². The smallest absolute Gasteiger partial charge is 0.308 e. The molecule has 1 amide bonds. The number of aliphatic carboxylic acids is 1. The van der Waals surface area contributed by atoms with Crippen LogP contribution in [0.25, 0.3) is 11.0 Å². The molecule has 1 saturated heterocycles. The highest BCUT2D eigenvalue weighted by atomic mass is 16.4. The Morgan fingerprint density at radius 3 is 2.43 bits per heavy atom. The lowest BCUT2D eigenvalue weighted by Gasteiger charge is -2.24. The molecule has 2 aromatic rings. The molecule has 1 fully saturated rings. The highest BCUT2D eigenvalue weighted by Crippen LogP contribution is 2.32. The summed E-state index contributed by atoms with van der Waals surface area (Å²) in [5.74, 6) is -1.35. The molecule has 0 radical (unpaired) electrons. The van der Waals surface area contributed by atoms with Crippen LogP contribution in [0.2, 0.25) is 0 Å². The highest BCUT2D eigenvalue weighted by molar-refractivity contribution is 6.07. The Balaban J connectivity index is 2.19. The van der Waals surface area contributed by atoms with Crippen LogP contribution in [-0.2, 0) is 10.3 Å². The molecule has 0 bridgehead atoms. The first-order chi connectivity index (χ1) is 12.9. The monoisotopic (exact) mass is 386 g/mol. The zero-order valence-electron chi connectivity index (χ0n) is 17.8. The second-order valence-electron chi connectivity index (χ2n) is 9.09. The van der Waals surface area contributed by atoms with Crippen molar-refractivity contribution in [2.24, 2.45) is 5.92 Å². The summed E-state index contributed by atoms with van der Waals surface area (Å²) < 4.78 is 1.88. The molecule has 7 heteroatoms. The van der Waals surface area contributed by atoms with E-state index in [4.69, 9.17) is 4.98 Å². The SMILES string of the molecule is Cc1nn(C(C)(C)C)c2nc(C(C)C)cc(C(=O)N3CCC(C(=O)O)C3C)c12. The topological polar surface area (TPSA) is 88.3 Å². The minimum atomic E-state index is -0.845. The van der Waals surface area contributed by atoms with Crippen LogP contribution in [0.1, 0.15) is 75.6 Å². The Hall–Kier alpha value is -2.44. The van der Waals surface area contributed by atoms with Crippen LogP contribution >= 0.6 is 0 Å². The van der Waals surface area contributed by atoms with Gasteiger partial charge in [-0.1, -0.05) is 13.8 Å². The third-order valence-corrected chi connectivity index (χ3v) is 5.62. The van der Waals surface area contributed by atoms with Crippen molar-refractivity contribution in [1.82, 2.24) is 19.7 Å². The minimum Gasteiger partial charge on any atom is -0.481 e. The van der Waals surface area contributed by atoms with Crippen LogP contribution < -0.4 is 0 Å². The molecular weight excluding hydrogens is 356 g/mol. The Kier molecular flexibility index (Phi) is 4.98. The number of pyridine rings is 1. The summed E-state index contributed by atoms with van der Waals surface area (Å²) in [6, 6.07) is 1.52. The molecule has 3 rings (SSSR count). The largest absolute Gasteiger partial charge is 0.481 e. The van der Waals surface area contributed by atoms with Gasteiger partial charge < -0.3 is 10.0 Å². The van der Waals surface area contributed by atoms with Crippen molar-refractivity contribution in [2.75, 3.05) is 6.54 Å². The molecule has 1 aliphatic rings. The van der Waals surface area contributed by atoms with E-state index < -0.39 is 11.9 Å². The van der Waals surface area contributed by atoms with Crippen molar-refractivity contribution in [1.29, 1.82) is 0 Å². The number of carbonyl (C=O) groups is 2. The fourth-order valence-electron chi connectivity index (χ4n) is 3.95. The average Bonchev–Trinajstić information content (AvgIpc) is 3.13. The molecule has 0 spiro atoms. The summed E-state index contributed by atoms with van der Waals surface area (Å²) in [5, 5.41) is 14.9. The lowest BCUT2D eigenvalue weighted by molar-refractivity contribution is -0.142. The van der Waals surface area contributed by atoms with Gasteiger partial charge in [0.05, 0.1) is 28.1 Å². The predicted octanol–water partition coefficient (Wildman–Crippen LogP) is 3.55. The van der Waals surface area contributed by atoms with Crippen molar-refractivity contribution in [2.45, 2.75) is 72.4 Å². The highest BCUT2D eigenvalue weighted by Gasteiger charge is 2.39. The summed E-state index contributed by atoms with van der Waals surface area (Å²) in [5.41, 5.74) is 2.60. The van der Waals surface area contributed by atoms with Crippen LogP contribution in [0.4, 0.5) is 0 Å². The van der Waals surface area contributed by atoms with Gasteiger partial charge in [-0.2, -0.15) is 5.10 Å². The number of aryl methyl sites for hydroxylation is 1. The van der Waals surface area contributed by atoms with Crippen LogP contribution in [-0.4, -0.2) is 49.2 Å². The summed E-state index contributed by atoms with van der Waals surface area (Å²) in [4.78, 5) is 31.5. The van der Waals surface area contributed by atoms with E-state index in [2.05, 4.69) is 25.9 Å². The number of carboxylic acids is 1. The number of fused-ring (bicyclic) bond motifs is 1. The first-order valence-corrected chi connectivity index (χ1v) is 9.88. The minimum absolute atomic E-state index is 0.137. The molecule has 2 aromatic heterocycles. The van der Waals surface area contributed by atoms with Gasteiger partial charge in [-0.05, 0) is 53.0 Å². The number of carbonyl (C=O) groups excluding carboxylic acids is 1. The second kappa shape index (κ2) is 6.87. The van der Waals surface area contributed by atoms with Crippen molar-refractivity contribution in [3.8, 4) is 0 Å². The van der Waals surface area contributed by atoms with Crippen molar-refractivity contribution in [3.63, 3.8) is 0 Å². The van der Waals surface area contributed by atoms with Gasteiger partial charge in [0.25, 0.3) is 5.91 Å². The van der Waals surface area contributed by atoms with E-state index in [1.165, 1.54) is 0 Å². The second-order valence-corrected chi connectivity index (χ2v) is 9.09. The Labute approximate surface area is 165 Å². The zero-order chi connectivity index (χ0) is 21.0. The van der Waals surface area contributed by atoms with Crippen molar-refractivity contribution >= 4 is 22.9 Å². The van der Waals surface area contributed by atoms with Gasteiger partial charge >= 0.3 is 5.97 Å². The number of amides is 1. The fourth-order valence-corrected chi connectivity index (χ4v) is 3.95. The summed E-state index contributed by atoms with van der Waals surface area (Å²) in [7, 11) is 0. The number of hydrogen-bond donors (Lipinski definition) is 1. The summed E-state index contributed by atoms with van der Waals surface area (Å²) in [6.07, 6.45) is 0.480. The molecule has 2 unspecified atom stereocenters. The number of hydrogen-bond acceptors (Lipinski definition) is 4. The standard InChI is InChI=1S/C21H30N4O3/c1-11(2)16-10-15(19(26)24-9-8-14(13(24)4)20(27)28)17-12(3)23-25(18(17)22-16)21(5,6)7/h10-11,13-14H,8-9H2,1-7H3,(H,27,28). The number of rotatable bonds is 3. The zero-order valence-corrected chi connectivity index (χ0v) is 17.8. The quantitative estimate of drug-likeness (QED) is 0.871. The lowest BCUT2D eigenvalue weighted by Crippen LogP contribution is -2.37. The van der Waals surface area contributed by atoms with Gasteiger partial charge in [0.1, 0.15) is 0 Å². The number of aromatic nitrogens is 3. The van der Waals surface area contributed by atoms with Gasteiger partial charge in [0, 0.05) is 18.3 Å². The molecule has 1 aliphatic heterocycles. The maximum Gasteiger partial charge on any atom is 0.308 e. The maximum atomic E-state index is 13.5. The van der Waals surface area contributed by atoms with E-state index in [0.717, 1.165) is 16.8 Å². The van der Waals surface area contributed by atoms with Gasteiger partial charge in [-0.3, -0.25) is 9.59 Å². The molecule has 0 saturated carbocycles. The van der Waals surface area contributed by atoms with Gasteiger partial charge in [-0.25, -0.2) is 9.67 Å². The van der Waals surface area contributed by atoms with E-state index in [1.807, 2.05) is 38.4 Å². The van der Waals surface area contributed by atoms with Gasteiger partial charge in [0.15, 0.2) is 5.65 Å². The Morgan fingerprint density at radius 2 is 1.93 bits per heavy atom. The third-order valence-electron chi connectivity index (χ3n) is 5.62. The van der Waals surface area contributed by atoms with Crippen molar-refractivity contribution < 1.29 is 14.7 Å². The first kappa shape index (κ1) is 20.3. The van der Waals surface area contributed by atoms with Gasteiger partial charge in [-0.15, -0.1) is 0 Å². The van der Waals surface area contributed by atoms with Gasteiger partial charge in [0.2, 0.25) is 0 Å². The summed E-state index contributed by atoms with van der Waals surface area (Å²) in [6.45, 7) is 14.4. The molecule has 152 valence electrons. The predicted molar refractivity (Wildman–Crippen MR) is 108 cm³/mol. The molecule has 0 aliphatic carbocycles. The van der Waals surface area contributed by atoms with E-state index in [1.54, 1.807) is 4.90 Å². The Morgan fingerprint density at radius 1 is 1.29 bits per heavy atom. The number of likely N-dealkylation sites (tertiary alicyclic amines) is 1. The Bertz CT molecular complexity index is 939. The number of carboxylic acid groups (broad SMARTS) is 1. The van der Waals surface area contributed by atoms with E-state index in [0.29, 0.717) is 24.2 Å². The van der Waals surface area contributed by atoms with Crippen LogP contribution in [0.3, 0.4) is 0 Å². The summed E-state index contributed by atoms with van der Waals surface area (Å²) >= 11 is 0. The van der Waals surface area contributed by atoms with E-state index >= 15 is 0 Å². The third kappa shape index (κ3) is 3.27. The maximum absolute atomic E-state index is 13.5. The average molecular weight is 386 g/mol. The normalized spacial score (nSPS) is 20.4. The van der Waals surface area contributed by atoms with Crippen LogP contribution in [0.15, 0.2) is 6.07 Å². The number of nitrogens with zero attached hydrogens (tertiary/aromatic N) is 4. The van der Waals surface area contributed by atoms with Crippen LogP contribution in [0.5, 0.6) is 0 Å².